The summed E-state index contributed by atoms with van der Waals surface area (Å²) in [5, 5.41) is 0. The summed E-state index contributed by atoms with van der Waals surface area (Å²) in [6, 6.07) is 3.39. The fourth-order valence-corrected chi connectivity index (χ4v) is 1.80. The Kier molecular flexibility index (Phi) is 3.98. The SMILES string of the molecule is [C-]#[N+]C(C)c1c(OC)cc(Br)cc1OC. The van der Waals surface area contributed by atoms with Crippen molar-refractivity contribution in [2.75, 3.05) is 14.2 Å². The third-order valence-electron chi connectivity index (χ3n) is 2.12. The first-order valence-corrected chi connectivity index (χ1v) is 5.21. The van der Waals surface area contributed by atoms with Gasteiger partial charge in [-0.2, -0.15) is 0 Å². The van der Waals surface area contributed by atoms with Crippen LogP contribution in [0.2, 0.25) is 0 Å². The summed E-state index contributed by atoms with van der Waals surface area (Å²) in [5.41, 5.74) is 0.790. The summed E-state index contributed by atoms with van der Waals surface area (Å²) in [6.45, 7) is 8.87. The molecule has 0 aliphatic heterocycles. The van der Waals surface area contributed by atoms with Crippen LogP contribution in [-0.2, 0) is 0 Å². The van der Waals surface area contributed by atoms with Gasteiger partial charge in [-0.1, -0.05) is 15.9 Å². The normalized spacial score (nSPS) is 11.7. The highest BCUT2D eigenvalue weighted by atomic mass is 79.9. The number of ether oxygens (including phenoxy) is 2. The molecule has 0 radical (unpaired) electrons. The third kappa shape index (κ3) is 2.42. The van der Waals surface area contributed by atoms with Gasteiger partial charge in [0, 0.05) is 11.4 Å². The van der Waals surface area contributed by atoms with Gasteiger partial charge in [-0.15, -0.1) is 0 Å². The maximum absolute atomic E-state index is 7.05. The minimum absolute atomic E-state index is 0.275. The number of methoxy groups -OCH3 is 2. The molecule has 1 aromatic rings. The van der Waals surface area contributed by atoms with Gasteiger partial charge in [0.1, 0.15) is 17.1 Å². The number of rotatable bonds is 3. The largest absolute Gasteiger partial charge is 0.496 e. The second-order valence-corrected chi connectivity index (χ2v) is 3.94. The van der Waals surface area contributed by atoms with Crippen molar-refractivity contribution in [2.45, 2.75) is 13.0 Å². The molecule has 4 heteroatoms. The van der Waals surface area contributed by atoms with Gasteiger partial charge in [-0.25, -0.2) is 6.57 Å². The molecule has 3 nitrogen and oxygen atoms in total. The van der Waals surface area contributed by atoms with Crippen molar-refractivity contribution in [1.82, 2.24) is 0 Å². The Bertz CT molecular complexity index is 373. The van der Waals surface area contributed by atoms with Crippen LogP contribution in [0.1, 0.15) is 18.5 Å². The zero-order valence-electron chi connectivity index (χ0n) is 8.87. The molecule has 0 spiro atoms. The summed E-state index contributed by atoms with van der Waals surface area (Å²) >= 11 is 3.36. The molecular formula is C11H12BrNO2. The average molecular weight is 270 g/mol. The van der Waals surface area contributed by atoms with Crippen LogP contribution < -0.4 is 9.47 Å². The lowest BCUT2D eigenvalue weighted by Gasteiger charge is -2.12. The molecule has 0 saturated carbocycles. The van der Waals surface area contributed by atoms with E-state index in [1.807, 2.05) is 19.1 Å². The molecule has 0 heterocycles. The average Bonchev–Trinajstić information content (AvgIpc) is 2.26. The lowest BCUT2D eigenvalue weighted by molar-refractivity contribution is 0.383. The first kappa shape index (κ1) is 11.9. The molecule has 0 aliphatic rings. The van der Waals surface area contributed by atoms with Gasteiger partial charge in [0.25, 0.3) is 6.04 Å². The Morgan fingerprint density at radius 3 is 2.07 bits per heavy atom. The molecular weight excluding hydrogens is 258 g/mol. The molecule has 15 heavy (non-hydrogen) atoms. The summed E-state index contributed by atoms with van der Waals surface area (Å²) < 4.78 is 11.3. The van der Waals surface area contributed by atoms with E-state index in [9.17, 15) is 0 Å². The van der Waals surface area contributed by atoms with E-state index in [1.54, 1.807) is 14.2 Å². The Balaban J connectivity index is 3.38. The van der Waals surface area contributed by atoms with E-state index in [1.165, 1.54) is 0 Å². The highest BCUT2D eigenvalue weighted by Crippen LogP contribution is 2.38. The van der Waals surface area contributed by atoms with Crippen molar-refractivity contribution in [3.8, 4) is 11.5 Å². The molecule has 0 aliphatic carbocycles. The van der Waals surface area contributed by atoms with Gasteiger partial charge in [-0.3, -0.25) is 0 Å². The standard InChI is InChI=1S/C11H12BrNO2/c1-7(13-2)11-9(14-3)5-8(12)6-10(11)15-4/h5-7H,1,3-4H3. The highest BCUT2D eigenvalue weighted by molar-refractivity contribution is 9.10. The van der Waals surface area contributed by atoms with Crippen molar-refractivity contribution in [3.63, 3.8) is 0 Å². The minimum atomic E-state index is -0.275. The summed E-state index contributed by atoms with van der Waals surface area (Å²) in [4.78, 5) is 3.48. The van der Waals surface area contributed by atoms with Crippen LogP contribution in [0.25, 0.3) is 4.85 Å². The lowest BCUT2D eigenvalue weighted by atomic mass is 10.1. The second-order valence-electron chi connectivity index (χ2n) is 3.03. The number of halogens is 1. The van der Waals surface area contributed by atoms with Crippen LogP contribution in [0, 0.1) is 6.57 Å². The first-order valence-electron chi connectivity index (χ1n) is 4.42. The quantitative estimate of drug-likeness (QED) is 0.785. The van der Waals surface area contributed by atoms with Crippen LogP contribution in [0.5, 0.6) is 11.5 Å². The van der Waals surface area contributed by atoms with Crippen molar-refractivity contribution in [2.24, 2.45) is 0 Å². The fraction of sp³-hybridized carbons (Fsp3) is 0.364. The number of hydrogen-bond acceptors (Lipinski definition) is 2. The topological polar surface area (TPSA) is 22.8 Å². The second kappa shape index (κ2) is 5.04. The van der Waals surface area contributed by atoms with Crippen molar-refractivity contribution in [3.05, 3.63) is 33.6 Å². The minimum Gasteiger partial charge on any atom is -0.496 e. The fourth-order valence-electron chi connectivity index (χ4n) is 1.38. The van der Waals surface area contributed by atoms with E-state index in [4.69, 9.17) is 16.0 Å². The predicted molar refractivity (Wildman–Crippen MR) is 62.3 cm³/mol. The van der Waals surface area contributed by atoms with Crippen LogP contribution in [0.3, 0.4) is 0 Å². The first-order chi connectivity index (χ1) is 7.13. The van der Waals surface area contributed by atoms with Crippen molar-refractivity contribution >= 4 is 15.9 Å². The molecule has 0 fully saturated rings. The maximum Gasteiger partial charge on any atom is 0.253 e. The Hall–Kier alpha value is -1.21. The molecule has 0 bridgehead atoms. The molecule has 0 saturated heterocycles. The van der Waals surface area contributed by atoms with Gasteiger partial charge >= 0.3 is 0 Å². The third-order valence-corrected chi connectivity index (χ3v) is 2.58. The van der Waals surface area contributed by atoms with E-state index in [0.717, 1.165) is 10.0 Å². The number of benzene rings is 1. The molecule has 1 rings (SSSR count). The lowest BCUT2D eigenvalue weighted by Crippen LogP contribution is -1.98. The molecule has 80 valence electrons. The van der Waals surface area contributed by atoms with Crippen molar-refractivity contribution in [1.29, 1.82) is 0 Å². The monoisotopic (exact) mass is 269 g/mol. The van der Waals surface area contributed by atoms with Gasteiger partial charge in [0.05, 0.1) is 14.2 Å². The van der Waals surface area contributed by atoms with Crippen molar-refractivity contribution < 1.29 is 9.47 Å². The van der Waals surface area contributed by atoms with Crippen LogP contribution in [-0.4, -0.2) is 14.2 Å². The van der Waals surface area contributed by atoms with Gasteiger partial charge in [-0.05, 0) is 12.1 Å². The van der Waals surface area contributed by atoms with E-state index in [2.05, 4.69) is 20.8 Å². The van der Waals surface area contributed by atoms with E-state index in [-0.39, 0.29) is 6.04 Å². The Labute approximate surface area is 98.0 Å². The van der Waals surface area contributed by atoms with E-state index < -0.39 is 0 Å². The van der Waals surface area contributed by atoms with Crippen LogP contribution in [0.15, 0.2) is 16.6 Å². The molecule has 1 unspecified atom stereocenters. The maximum atomic E-state index is 7.05. The summed E-state index contributed by atoms with van der Waals surface area (Å²) in [6.07, 6.45) is 0. The number of hydrogen-bond donors (Lipinski definition) is 0. The smallest absolute Gasteiger partial charge is 0.253 e. The molecule has 0 N–H and O–H groups in total. The predicted octanol–water partition coefficient (Wildman–Crippen LogP) is 3.45. The summed E-state index contributed by atoms with van der Waals surface area (Å²) in [5.74, 6) is 1.34. The Morgan fingerprint density at radius 1 is 1.27 bits per heavy atom. The van der Waals surface area contributed by atoms with Gasteiger partial charge < -0.3 is 14.3 Å². The molecule has 0 aromatic heterocycles. The number of nitrogens with zero attached hydrogens (tertiary/aromatic N) is 1. The van der Waals surface area contributed by atoms with Crippen LogP contribution in [0.4, 0.5) is 0 Å². The molecule has 1 atom stereocenters. The zero-order valence-corrected chi connectivity index (χ0v) is 10.5. The summed E-state index contributed by atoms with van der Waals surface area (Å²) in [7, 11) is 3.17. The van der Waals surface area contributed by atoms with Gasteiger partial charge in [0.15, 0.2) is 0 Å². The molecule has 0 amide bonds. The highest BCUT2D eigenvalue weighted by Gasteiger charge is 2.21. The van der Waals surface area contributed by atoms with E-state index in [0.29, 0.717) is 11.5 Å². The molecule has 1 aromatic carbocycles. The zero-order chi connectivity index (χ0) is 11.4. The van der Waals surface area contributed by atoms with Gasteiger partial charge in [0.2, 0.25) is 0 Å². The van der Waals surface area contributed by atoms with E-state index >= 15 is 0 Å². The Morgan fingerprint density at radius 2 is 1.73 bits per heavy atom. The van der Waals surface area contributed by atoms with Crippen LogP contribution >= 0.6 is 15.9 Å².